The highest BCUT2D eigenvalue weighted by Crippen LogP contribution is 2.49. The lowest BCUT2D eigenvalue weighted by molar-refractivity contribution is 0.462. The van der Waals surface area contributed by atoms with E-state index in [2.05, 4.69) is 84.9 Å². The van der Waals surface area contributed by atoms with Gasteiger partial charge in [0.15, 0.2) is 0 Å². The molecule has 0 atom stereocenters. The zero-order chi connectivity index (χ0) is 32.9. The zero-order valence-corrected chi connectivity index (χ0v) is 27.1. The van der Waals surface area contributed by atoms with Gasteiger partial charge >= 0.3 is 0 Å². The van der Waals surface area contributed by atoms with Crippen LogP contribution >= 0.6 is 0 Å². The molecule has 0 amide bonds. The summed E-state index contributed by atoms with van der Waals surface area (Å²) < 4.78 is 6.44. The number of rotatable bonds is 5. The summed E-state index contributed by atoms with van der Waals surface area (Å²) in [5.74, 6) is 0.198. The van der Waals surface area contributed by atoms with Crippen molar-refractivity contribution >= 4 is 76.2 Å². The largest absolute Gasteiger partial charge is 0.509 e. The van der Waals surface area contributed by atoms with Crippen LogP contribution in [0.1, 0.15) is 12.5 Å². The van der Waals surface area contributed by atoms with E-state index in [1.807, 2.05) is 69.4 Å². The summed E-state index contributed by atoms with van der Waals surface area (Å²) in [7, 11) is 3.70. The average Bonchev–Trinajstić information content (AvgIpc) is 3.49. The Bertz CT molecular complexity index is 2560. The van der Waals surface area contributed by atoms with E-state index in [1.54, 1.807) is 7.85 Å². The van der Waals surface area contributed by atoms with E-state index < -0.39 is 0 Å². The molecule has 8 rings (SSSR count). The number of hydrogen-bond donors (Lipinski definition) is 2. The Kier molecular flexibility index (Phi) is 7.18. The van der Waals surface area contributed by atoms with Crippen molar-refractivity contribution in [3.8, 4) is 44.9 Å². The van der Waals surface area contributed by atoms with Crippen molar-refractivity contribution in [3.05, 3.63) is 139 Å². The first-order valence-corrected chi connectivity index (χ1v) is 16.3. The number of aromatic hydroxyl groups is 2. The molecule has 0 unspecified atom stereocenters. The van der Waals surface area contributed by atoms with Gasteiger partial charge in [-0.05, 0) is 91.5 Å². The number of hydrogen-bond acceptors (Lipinski definition) is 3. The second-order valence-electron chi connectivity index (χ2n) is 12.4. The molecule has 8 aromatic rings. The van der Waals surface area contributed by atoms with Crippen LogP contribution < -0.4 is 10.9 Å². The van der Waals surface area contributed by atoms with Crippen LogP contribution in [0.15, 0.2) is 138 Å². The van der Waals surface area contributed by atoms with Crippen LogP contribution in [0.25, 0.3) is 82.9 Å². The third kappa shape index (κ3) is 4.62. The van der Waals surface area contributed by atoms with Gasteiger partial charge in [0.05, 0.1) is 0 Å². The van der Waals surface area contributed by atoms with E-state index in [1.165, 1.54) is 0 Å². The van der Waals surface area contributed by atoms with E-state index in [0.717, 1.165) is 87.9 Å². The van der Waals surface area contributed by atoms with Crippen molar-refractivity contribution in [2.24, 2.45) is 0 Å². The van der Waals surface area contributed by atoms with E-state index in [0.29, 0.717) is 5.46 Å². The molecule has 228 valence electrons. The Morgan fingerprint density at radius 3 is 1.81 bits per heavy atom. The Labute approximate surface area is 280 Å². The first kappa shape index (κ1) is 29.5. The Balaban J connectivity index is 1.43. The molecule has 1 aromatic heterocycles. The normalized spacial score (nSPS) is 12.0. The molecule has 0 saturated carbocycles. The average molecular weight is 618 g/mol. The van der Waals surface area contributed by atoms with E-state index in [4.69, 9.17) is 4.42 Å². The fourth-order valence-corrected chi connectivity index (χ4v) is 7.25. The molecule has 0 bridgehead atoms. The van der Waals surface area contributed by atoms with Gasteiger partial charge in [-0.2, -0.15) is 0 Å². The molecule has 2 N–H and O–H groups in total. The highest BCUT2D eigenvalue weighted by Gasteiger charge is 2.26. The number of benzene rings is 7. The molecule has 0 saturated heterocycles. The van der Waals surface area contributed by atoms with Gasteiger partial charge in [0, 0.05) is 21.9 Å². The summed E-state index contributed by atoms with van der Waals surface area (Å²) in [6.07, 6.45) is 8.19. The molecule has 0 aliphatic rings. The van der Waals surface area contributed by atoms with Crippen LogP contribution in [0.2, 0.25) is 0 Å². The van der Waals surface area contributed by atoms with Gasteiger partial charge < -0.3 is 14.6 Å². The molecule has 5 heteroatoms. The lowest BCUT2D eigenvalue weighted by Crippen LogP contribution is -2.20. The molecule has 0 aliphatic heterocycles. The predicted octanol–water partition coefficient (Wildman–Crippen LogP) is 8.41. The highest BCUT2D eigenvalue weighted by atomic mass is 16.3. The standard InChI is InChI=1S/C43H32B2O3/c1-2-3-5-12-25-19-22-34-33(23-25)28-21-20-27(24-35(28)48-34)36-29-15-8-10-17-31(29)38(32-18-11-9-16-30(32)36)39-37(26-13-6-4-7-14-26)40(44)43(47)41(45)42(39)46/h2-24,46-47H,44-45H2,1H3/b3-2-,12-5-. The van der Waals surface area contributed by atoms with Crippen LogP contribution in [0.3, 0.4) is 0 Å². The molecular weight excluding hydrogens is 586 g/mol. The SMILES string of the molecule is Bc1c(O)c(B)c(-c2ccccc2)c(-c2c3ccccc3c(-c3ccc4c(c3)oc3ccc(/C=C\C=C/C)cc34)c3ccccc23)c1O. The van der Waals surface area contributed by atoms with Crippen molar-refractivity contribution in [2.45, 2.75) is 6.92 Å². The first-order chi connectivity index (χ1) is 23.5. The van der Waals surface area contributed by atoms with Crippen LogP contribution in [0.4, 0.5) is 0 Å². The third-order valence-electron chi connectivity index (χ3n) is 9.55. The third-order valence-corrected chi connectivity index (χ3v) is 9.55. The number of allylic oxidation sites excluding steroid dienone is 3. The molecule has 3 nitrogen and oxygen atoms in total. The van der Waals surface area contributed by atoms with Crippen molar-refractivity contribution in [2.75, 3.05) is 0 Å². The molecule has 0 radical (unpaired) electrons. The molecule has 48 heavy (non-hydrogen) atoms. The minimum absolute atomic E-state index is 0.0867. The lowest BCUT2D eigenvalue weighted by Gasteiger charge is -2.23. The van der Waals surface area contributed by atoms with Gasteiger partial charge in [0.1, 0.15) is 38.4 Å². The van der Waals surface area contributed by atoms with Crippen molar-refractivity contribution in [1.82, 2.24) is 0 Å². The highest BCUT2D eigenvalue weighted by molar-refractivity contribution is 6.46. The smallest absolute Gasteiger partial charge is 0.149 e. The second-order valence-corrected chi connectivity index (χ2v) is 12.4. The van der Waals surface area contributed by atoms with Crippen LogP contribution in [0, 0.1) is 0 Å². The van der Waals surface area contributed by atoms with Crippen molar-refractivity contribution in [1.29, 1.82) is 0 Å². The lowest BCUT2D eigenvalue weighted by atomic mass is 9.74. The summed E-state index contributed by atoms with van der Waals surface area (Å²) >= 11 is 0. The quantitative estimate of drug-likeness (QED) is 0.116. The maximum absolute atomic E-state index is 11.9. The van der Waals surface area contributed by atoms with Crippen LogP contribution in [0.5, 0.6) is 11.5 Å². The Morgan fingerprint density at radius 1 is 0.500 bits per heavy atom. The first-order valence-electron chi connectivity index (χ1n) is 16.3. The minimum Gasteiger partial charge on any atom is -0.509 e. The van der Waals surface area contributed by atoms with Gasteiger partial charge in [-0.3, -0.25) is 0 Å². The Hall–Kier alpha value is -5.93. The van der Waals surface area contributed by atoms with Crippen LogP contribution in [-0.4, -0.2) is 25.9 Å². The molecule has 7 aromatic carbocycles. The summed E-state index contributed by atoms with van der Waals surface area (Å²) in [4.78, 5) is 0. The Morgan fingerprint density at radius 2 is 1.15 bits per heavy atom. The topological polar surface area (TPSA) is 53.6 Å². The number of furan rings is 1. The van der Waals surface area contributed by atoms with Gasteiger partial charge in [0.2, 0.25) is 0 Å². The number of phenolic OH excluding ortho intramolecular Hbond substituents is 2. The summed E-state index contributed by atoms with van der Waals surface area (Å²) in [6, 6.07) is 39.6. The van der Waals surface area contributed by atoms with E-state index >= 15 is 0 Å². The van der Waals surface area contributed by atoms with Gasteiger partial charge in [-0.1, -0.05) is 115 Å². The van der Waals surface area contributed by atoms with Gasteiger partial charge in [-0.15, -0.1) is 0 Å². The maximum Gasteiger partial charge on any atom is 0.149 e. The fraction of sp³-hybridized carbons (Fsp3) is 0.0233. The maximum atomic E-state index is 11.9. The van der Waals surface area contributed by atoms with Crippen molar-refractivity contribution < 1.29 is 14.6 Å². The summed E-state index contributed by atoms with van der Waals surface area (Å²) in [6.45, 7) is 2.01. The summed E-state index contributed by atoms with van der Waals surface area (Å²) in [5, 5.41) is 29.4. The zero-order valence-electron chi connectivity index (χ0n) is 27.1. The fourth-order valence-electron chi connectivity index (χ4n) is 7.25. The molecular formula is C43H32B2O3. The molecule has 0 aliphatic carbocycles. The predicted molar refractivity (Wildman–Crippen MR) is 209 cm³/mol. The minimum atomic E-state index is 0.0867. The summed E-state index contributed by atoms with van der Waals surface area (Å²) in [5.41, 5.74) is 9.60. The molecule has 0 spiro atoms. The van der Waals surface area contributed by atoms with E-state index in [-0.39, 0.29) is 11.5 Å². The number of fused-ring (bicyclic) bond motifs is 5. The van der Waals surface area contributed by atoms with Gasteiger partial charge in [-0.25, -0.2) is 0 Å². The molecule has 1 heterocycles. The monoisotopic (exact) mass is 618 g/mol. The molecule has 0 fully saturated rings. The van der Waals surface area contributed by atoms with E-state index in [9.17, 15) is 10.2 Å². The van der Waals surface area contributed by atoms with Crippen LogP contribution in [-0.2, 0) is 0 Å². The second kappa shape index (κ2) is 11.7. The van der Waals surface area contributed by atoms with Crippen molar-refractivity contribution in [3.63, 3.8) is 0 Å². The number of phenols is 2. The van der Waals surface area contributed by atoms with Gasteiger partial charge in [0.25, 0.3) is 0 Å².